The first-order chi connectivity index (χ1) is 13.2. The van der Waals surface area contributed by atoms with Crippen LogP contribution in [0.15, 0.2) is 42.5 Å². The standard InChI is InChI=1S/C21H20N2O3S/c24-12-17-16-5-3-14(10-13(16)4-6-18(17)25)19-7-8-20(27-19)21(26)23-15-2-1-9-22-11-15/h3-8,10,12,15,22,25H,1-2,9,11H2,(H,23,26). The van der Waals surface area contributed by atoms with E-state index in [4.69, 9.17) is 0 Å². The van der Waals surface area contributed by atoms with Gasteiger partial charge in [0.2, 0.25) is 0 Å². The fourth-order valence-electron chi connectivity index (χ4n) is 3.47. The molecule has 4 rings (SSSR count). The number of benzene rings is 2. The lowest BCUT2D eigenvalue weighted by atomic mass is 10.0. The van der Waals surface area contributed by atoms with Crippen molar-refractivity contribution in [2.45, 2.75) is 18.9 Å². The number of phenolic OH excluding ortho intramolecular Hbond substituents is 1. The van der Waals surface area contributed by atoms with Gasteiger partial charge < -0.3 is 15.7 Å². The summed E-state index contributed by atoms with van der Waals surface area (Å²) in [6.07, 6.45) is 2.76. The molecule has 3 aromatic rings. The maximum absolute atomic E-state index is 12.5. The van der Waals surface area contributed by atoms with Crippen molar-refractivity contribution in [3.05, 3.63) is 52.9 Å². The third-order valence-corrected chi connectivity index (χ3v) is 6.04. The van der Waals surface area contributed by atoms with Gasteiger partial charge in [-0.15, -0.1) is 11.3 Å². The molecule has 0 saturated carbocycles. The van der Waals surface area contributed by atoms with Crippen LogP contribution in [0.5, 0.6) is 5.75 Å². The minimum atomic E-state index is -0.0334. The summed E-state index contributed by atoms with van der Waals surface area (Å²) < 4.78 is 0. The van der Waals surface area contributed by atoms with Gasteiger partial charge in [-0.25, -0.2) is 0 Å². The van der Waals surface area contributed by atoms with Crippen LogP contribution in [0.3, 0.4) is 0 Å². The van der Waals surface area contributed by atoms with E-state index in [-0.39, 0.29) is 17.7 Å². The molecule has 0 bridgehead atoms. The molecule has 1 aliphatic rings. The van der Waals surface area contributed by atoms with Gasteiger partial charge in [0.05, 0.1) is 10.4 Å². The van der Waals surface area contributed by atoms with E-state index in [9.17, 15) is 14.7 Å². The smallest absolute Gasteiger partial charge is 0.261 e. The molecule has 3 N–H and O–H groups in total. The minimum Gasteiger partial charge on any atom is -0.507 e. The Morgan fingerprint density at radius 3 is 2.89 bits per heavy atom. The summed E-state index contributed by atoms with van der Waals surface area (Å²) in [4.78, 5) is 25.4. The van der Waals surface area contributed by atoms with Gasteiger partial charge in [0.15, 0.2) is 6.29 Å². The van der Waals surface area contributed by atoms with Gasteiger partial charge in [0.25, 0.3) is 5.91 Å². The number of amides is 1. The molecule has 1 aromatic heterocycles. The number of fused-ring (bicyclic) bond motifs is 1. The van der Waals surface area contributed by atoms with Gasteiger partial charge >= 0.3 is 0 Å². The SMILES string of the molecule is O=Cc1c(O)ccc2cc(-c3ccc(C(=O)NC4CCCNC4)s3)ccc12. The van der Waals surface area contributed by atoms with Crippen LogP contribution < -0.4 is 10.6 Å². The van der Waals surface area contributed by atoms with E-state index in [0.29, 0.717) is 22.1 Å². The highest BCUT2D eigenvalue weighted by Crippen LogP contribution is 2.33. The van der Waals surface area contributed by atoms with Gasteiger partial charge in [0.1, 0.15) is 5.75 Å². The lowest BCUT2D eigenvalue weighted by Crippen LogP contribution is -2.45. The lowest BCUT2D eigenvalue weighted by Gasteiger charge is -2.23. The van der Waals surface area contributed by atoms with E-state index in [1.165, 1.54) is 17.4 Å². The van der Waals surface area contributed by atoms with Crippen molar-refractivity contribution in [2.75, 3.05) is 13.1 Å². The van der Waals surface area contributed by atoms with Crippen LogP contribution in [-0.4, -0.2) is 36.4 Å². The molecule has 1 saturated heterocycles. The normalized spacial score (nSPS) is 17.0. The Balaban J connectivity index is 1.58. The summed E-state index contributed by atoms with van der Waals surface area (Å²) in [5.41, 5.74) is 1.28. The summed E-state index contributed by atoms with van der Waals surface area (Å²) in [5.74, 6) is -0.0496. The molecule has 0 aliphatic carbocycles. The highest BCUT2D eigenvalue weighted by atomic mass is 32.1. The van der Waals surface area contributed by atoms with E-state index in [0.717, 1.165) is 41.8 Å². The maximum Gasteiger partial charge on any atom is 0.261 e. The Morgan fingerprint density at radius 1 is 1.22 bits per heavy atom. The van der Waals surface area contributed by atoms with Crippen LogP contribution in [0.2, 0.25) is 0 Å². The van der Waals surface area contributed by atoms with Gasteiger partial charge in [-0.3, -0.25) is 9.59 Å². The van der Waals surface area contributed by atoms with E-state index in [1.807, 2.05) is 30.3 Å². The molecule has 1 aliphatic heterocycles. The highest BCUT2D eigenvalue weighted by molar-refractivity contribution is 7.17. The molecule has 1 unspecified atom stereocenters. The summed E-state index contributed by atoms with van der Waals surface area (Å²) in [5, 5.41) is 17.8. The number of carbonyl (C=O) groups excluding carboxylic acids is 2. The number of hydrogen-bond acceptors (Lipinski definition) is 5. The zero-order valence-corrected chi connectivity index (χ0v) is 15.5. The molecule has 1 atom stereocenters. The van der Waals surface area contributed by atoms with Crippen molar-refractivity contribution < 1.29 is 14.7 Å². The second-order valence-electron chi connectivity index (χ2n) is 6.73. The van der Waals surface area contributed by atoms with E-state index in [1.54, 1.807) is 6.07 Å². The highest BCUT2D eigenvalue weighted by Gasteiger charge is 2.18. The molecule has 2 heterocycles. The number of carbonyl (C=O) groups is 2. The van der Waals surface area contributed by atoms with Crippen molar-refractivity contribution >= 4 is 34.3 Å². The predicted molar refractivity (Wildman–Crippen MR) is 108 cm³/mol. The first-order valence-corrected chi connectivity index (χ1v) is 9.80. The summed E-state index contributed by atoms with van der Waals surface area (Å²) in [6.45, 7) is 1.83. The zero-order chi connectivity index (χ0) is 18.8. The minimum absolute atomic E-state index is 0.0162. The quantitative estimate of drug-likeness (QED) is 0.605. The van der Waals surface area contributed by atoms with Crippen molar-refractivity contribution in [3.8, 4) is 16.2 Å². The average Bonchev–Trinajstić information content (AvgIpc) is 3.19. The number of nitrogens with one attached hydrogen (secondary N) is 2. The van der Waals surface area contributed by atoms with Crippen molar-refractivity contribution in [2.24, 2.45) is 0 Å². The van der Waals surface area contributed by atoms with Crippen LogP contribution in [-0.2, 0) is 0 Å². The van der Waals surface area contributed by atoms with Gasteiger partial charge in [-0.1, -0.05) is 18.2 Å². The number of thiophene rings is 1. The molecule has 138 valence electrons. The first-order valence-electron chi connectivity index (χ1n) is 8.98. The molecule has 5 nitrogen and oxygen atoms in total. The zero-order valence-electron chi connectivity index (χ0n) is 14.7. The van der Waals surface area contributed by atoms with E-state index in [2.05, 4.69) is 10.6 Å². The monoisotopic (exact) mass is 380 g/mol. The number of hydrogen-bond donors (Lipinski definition) is 3. The fraction of sp³-hybridized carbons (Fsp3) is 0.238. The molecule has 27 heavy (non-hydrogen) atoms. The Morgan fingerprint density at radius 2 is 2.11 bits per heavy atom. The van der Waals surface area contributed by atoms with Crippen LogP contribution in [0.1, 0.15) is 32.9 Å². The van der Waals surface area contributed by atoms with Crippen molar-refractivity contribution in [1.29, 1.82) is 0 Å². The van der Waals surface area contributed by atoms with E-state index < -0.39 is 0 Å². The van der Waals surface area contributed by atoms with Crippen LogP contribution in [0.25, 0.3) is 21.2 Å². The first kappa shape index (κ1) is 17.7. The van der Waals surface area contributed by atoms with Crippen molar-refractivity contribution in [3.63, 3.8) is 0 Å². The third kappa shape index (κ3) is 3.59. The number of piperidine rings is 1. The molecule has 1 fully saturated rings. The van der Waals surface area contributed by atoms with Gasteiger partial charge in [-0.2, -0.15) is 0 Å². The molecule has 6 heteroatoms. The molecule has 0 radical (unpaired) electrons. The largest absolute Gasteiger partial charge is 0.507 e. The number of aromatic hydroxyl groups is 1. The summed E-state index contributed by atoms with van der Waals surface area (Å²) in [6, 6.07) is 13.0. The Hall–Kier alpha value is -2.70. The Labute approximate surface area is 161 Å². The fourth-order valence-corrected chi connectivity index (χ4v) is 4.37. The molecule has 1 amide bonds. The van der Waals surface area contributed by atoms with Crippen LogP contribution in [0, 0.1) is 0 Å². The second kappa shape index (κ2) is 7.50. The number of aldehydes is 1. The van der Waals surface area contributed by atoms with E-state index >= 15 is 0 Å². The van der Waals surface area contributed by atoms with Gasteiger partial charge in [-0.05, 0) is 60.0 Å². The Bertz CT molecular complexity index is 1010. The lowest BCUT2D eigenvalue weighted by molar-refractivity contribution is 0.0934. The average molecular weight is 380 g/mol. The number of rotatable bonds is 4. The molecular weight excluding hydrogens is 360 g/mol. The van der Waals surface area contributed by atoms with Crippen LogP contribution >= 0.6 is 11.3 Å². The third-order valence-electron chi connectivity index (χ3n) is 4.90. The topological polar surface area (TPSA) is 78.4 Å². The maximum atomic E-state index is 12.5. The molecule has 2 aromatic carbocycles. The number of phenols is 1. The second-order valence-corrected chi connectivity index (χ2v) is 7.82. The molecular formula is C21H20N2O3S. The molecule has 0 spiro atoms. The predicted octanol–water partition coefficient (Wildman–Crippen LogP) is 3.57. The Kier molecular flexibility index (Phi) is 4.92. The van der Waals surface area contributed by atoms with Crippen molar-refractivity contribution in [1.82, 2.24) is 10.6 Å². The van der Waals surface area contributed by atoms with Gasteiger partial charge in [0, 0.05) is 17.5 Å². The summed E-state index contributed by atoms with van der Waals surface area (Å²) in [7, 11) is 0. The van der Waals surface area contributed by atoms with Crippen LogP contribution in [0.4, 0.5) is 0 Å². The summed E-state index contributed by atoms with van der Waals surface area (Å²) >= 11 is 1.45.